The van der Waals surface area contributed by atoms with Gasteiger partial charge < -0.3 is 21.7 Å². The molecule has 2 fully saturated rings. The summed E-state index contributed by atoms with van der Waals surface area (Å²) in [6.07, 6.45) is 2.67. The normalized spacial score (nSPS) is 21.4. The molecule has 37 heavy (non-hydrogen) atoms. The van der Waals surface area contributed by atoms with Crippen molar-refractivity contribution in [2.75, 3.05) is 6.54 Å². The van der Waals surface area contributed by atoms with Crippen LogP contribution in [0.4, 0.5) is 4.39 Å². The fraction of sp³-hybridized carbons (Fsp3) is 0.385. The molecule has 1 aliphatic carbocycles. The molecule has 0 radical (unpaired) electrons. The SMILES string of the molecule is NCCC(NC(=O)[C@@H]1[C@H]2CC[C@H](C2)N1C(=O)Cn1nc(C(N)=O)c2ccccc21)c1cccc(Cl)c1F. The number of rotatable bonds is 8. The maximum atomic E-state index is 14.8. The van der Waals surface area contributed by atoms with Crippen LogP contribution in [-0.4, -0.2) is 51.0 Å². The van der Waals surface area contributed by atoms with Crippen molar-refractivity contribution < 1.29 is 18.8 Å². The van der Waals surface area contributed by atoms with Crippen molar-refractivity contribution in [1.29, 1.82) is 0 Å². The minimum atomic E-state index is -0.689. The number of aromatic nitrogens is 2. The molecule has 5 N–H and O–H groups in total. The van der Waals surface area contributed by atoms with Gasteiger partial charge in [0.2, 0.25) is 11.8 Å². The number of nitrogens with one attached hydrogen (secondary N) is 1. The smallest absolute Gasteiger partial charge is 0.269 e. The number of hydrogen-bond acceptors (Lipinski definition) is 5. The van der Waals surface area contributed by atoms with Gasteiger partial charge in [-0.15, -0.1) is 0 Å². The monoisotopic (exact) mass is 526 g/mol. The third-order valence-electron chi connectivity index (χ3n) is 7.45. The molecule has 4 atom stereocenters. The van der Waals surface area contributed by atoms with Gasteiger partial charge in [0.15, 0.2) is 5.69 Å². The van der Waals surface area contributed by atoms with Crippen molar-refractivity contribution in [3.05, 3.63) is 64.6 Å². The molecule has 1 aromatic heterocycles. The number of nitrogens with zero attached hydrogens (tertiary/aromatic N) is 3. The van der Waals surface area contributed by atoms with Crippen molar-refractivity contribution in [2.45, 2.75) is 50.4 Å². The van der Waals surface area contributed by atoms with Gasteiger partial charge in [0.05, 0.1) is 16.6 Å². The van der Waals surface area contributed by atoms with E-state index >= 15 is 0 Å². The molecule has 9 nitrogen and oxygen atoms in total. The van der Waals surface area contributed by atoms with E-state index in [1.165, 1.54) is 10.7 Å². The largest absolute Gasteiger partial charge is 0.364 e. The lowest BCUT2D eigenvalue weighted by atomic mass is 9.96. The van der Waals surface area contributed by atoms with Gasteiger partial charge in [0, 0.05) is 17.0 Å². The highest BCUT2D eigenvalue weighted by Crippen LogP contribution is 2.43. The first-order valence-corrected chi connectivity index (χ1v) is 12.7. The summed E-state index contributed by atoms with van der Waals surface area (Å²) in [6.45, 7) is 0.0841. The lowest BCUT2D eigenvalue weighted by molar-refractivity contribution is -0.143. The number of fused-ring (bicyclic) bond motifs is 3. The van der Waals surface area contributed by atoms with Crippen LogP contribution in [-0.2, 0) is 16.1 Å². The highest BCUT2D eigenvalue weighted by molar-refractivity contribution is 6.30. The number of carbonyl (C=O) groups excluding carboxylic acids is 3. The maximum Gasteiger partial charge on any atom is 0.269 e. The maximum absolute atomic E-state index is 14.8. The second-order valence-electron chi connectivity index (χ2n) is 9.64. The number of likely N-dealkylation sites (tertiary alicyclic amines) is 1. The van der Waals surface area contributed by atoms with E-state index < -0.39 is 23.8 Å². The van der Waals surface area contributed by atoms with Crippen LogP contribution in [0, 0.1) is 11.7 Å². The Morgan fingerprint density at radius 3 is 2.70 bits per heavy atom. The number of halogens is 2. The second-order valence-corrected chi connectivity index (χ2v) is 10.0. The first kappa shape index (κ1) is 25.2. The Morgan fingerprint density at radius 1 is 1.16 bits per heavy atom. The van der Waals surface area contributed by atoms with Crippen molar-refractivity contribution in [1.82, 2.24) is 20.0 Å². The van der Waals surface area contributed by atoms with Gasteiger partial charge in [-0.05, 0) is 50.3 Å². The minimum Gasteiger partial charge on any atom is -0.364 e. The molecule has 2 aliphatic rings. The van der Waals surface area contributed by atoms with Crippen LogP contribution in [0.5, 0.6) is 0 Å². The quantitative estimate of drug-likeness (QED) is 0.414. The zero-order valence-electron chi connectivity index (χ0n) is 20.1. The van der Waals surface area contributed by atoms with Crippen LogP contribution in [0.1, 0.15) is 47.8 Å². The predicted molar refractivity (Wildman–Crippen MR) is 136 cm³/mol. The van der Waals surface area contributed by atoms with E-state index in [-0.39, 0.29) is 53.1 Å². The van der Waals surface area contributed by atoms with E-state index in [2.05, 4.69) is 10.4 Å². The van der Waals surface area contributed by atoms with Crippen LogP contribution in [0.3, 0.4) is 0 Å². The van der Waals surface area contributed by atoms with Gasteiger partial charge >= 0.3 is 0 Å². The molecule has 1 aliphatic heterocycles. The van der Waals surface area contributed by atoms with E-state index in [9.17, 15) is 18.8 Å². The van der Waals surface area contributed by atoms with Crippen LogP contribution in [0.2, 0.25) is 5.02 Å². The average Bonchev–Trinajstić information content (AvgIpc) is 3.59. The first-order chi connectivity index (χ1) is 17.8. The molecule has 1 saturated heterocycles. The average molecular weight is 527 g/mol. The Labute approximate surface area is 217 Å². The summed E-state index contributed by atoms with van der Waals surface area (Å²) in [5, 5.41) is 7.75. The molecular formula is C26H28ClFN6O3. The molecule has 2 aromatic carbocycles. The van der Waals surface area contributed by atoms with Gasteiger partial charge in [0.1, 0.15) is 18.4 Å². The number of primary amides is 1. The number of piperidine rings is 1. The molecule has 11 heteroatoms. The van der Waals surface area contributed by atoms with Crippen molar-refractivity contribution in [3.63, 3.8) is 0 Å². The fourth-order valence-electron chi connectivity index (χ4n) is 5.84. The molecule has 1 unspecified atom stereocenters. The molecule has 1 saturated carbocycles. The Balaban J connectivity index is 1.40. The second kappa shape index (κ2) is 10.1. The molecule has 3 amide bonds. The van der Waals surface area contributed by atoms with E-state index in [1.807, 2.05) is 0 Å². The van der Waals surface area contributed by atoms with E-state index in [0.29, 0.717) is 17.3 Å². The molecule has 3 aromatic rings. The lowest BCUT2D eigenvalue weighted by Crippen LogP contribution is -2.54. The topological polar surface area (TPSA) is 136 Å². The van der Waals surface area contributed by atoms with E-state index in [0.717, 1.165) is 19.3 Å². The molecular weight excluding hydrogens is 499 g/mol. The van der Waals surface area contributed by atoms with Crippen molar-refractivity contribution in [2.24, 2.45) is 17.4 Å². The summed E-state index contributed by atoms with van der Waals surface area (Å²) in [5.41, 5.74) is 12.2. The predicted octanol–water partition coefficient (Wildman–Crippen LogP) is 2.51. The summed E-state index contributed by atoms with van der Waals surface area (Å²) >= 11 is 5.97. The number of para-hydroxylation sites is 1. The van der Waals surface area contributed by atoms with Crippen LogP contribution in [0.25, 0.3) is 10.9 Å². The highest BCUT2D eigenvalue weighted by atomic mass is 35.5. The first-order valence-electron chi connectivity index (χ1n) is 12.3. The van der Waals surface area contributed by atoms with Crippen molar-refractivity contribution >= 4 is 40.2 Å². The number of benzene rings is 2. The Morgan fingerprint density at radius 2 is 1.95 bits per heavy atom. The van der Waals surface area contributed by atoms with Gasteiger partial charge in [-0.2, -0.15) is 5.10 Å². The van der Waals surface area contributed by atoms with Crippen molar-refractivity contribution in [3.8, 4) is 0 Å². The molecule has 194 valence electrons. The number of nitrogens with two attached hydrogens (primary N) is 2. The third kappa shape index (κ3) is 4.55. The van der Waals surface area contributed by atoms with Crippen LogP contribution in [0.15, 0.2) is 42.5 Å². The van der Waals surface area contributed by atoms with Gasteiger partial charge in [0.25, 0.3) is 5.91 Å². The van der Waals surface area contributed by atoms with E-state index in [4.69, 9.17) is 23.1 Å². The van der Waals surface area contributed by atoms with Gasteiger partial charge in [-0.3, -0.25) is 19.1 Å². The van der Waals surface area contributed by atoms with Gasteiger partial charge in [-0.25, -0.2) is 4.39 Å². The molecule has 5 rings (SSSR count). The Hall–Kier alpha value is -3.50. The molecule has 0 spiro atoms. The zero-order valence-corrected chi connectivity index (χ0v) is 20.8. The Kier molecular flexibility index (Phi) is 6.87. The van der Waals surface area contributed by atoms with E-state index in [1.54, 1.807) is 41.3 Å². The van der Waals surface area contributed by atoms with Gasteiger partial charge in [-0.1, -0.05) is 41.9 Å². The summed E-state index contributed by atoms with van der Waals surface area (Å²) in [5.74, 6) is -1.90. The summed E-state index contributed by atoms with van der Waals surface area (Å²) in [4.78, 5) is 40.7. The summed E-state index contributed by atoms with van der Waals surface area (Å²) in [7, 11) is 0. The minimum absolute atomic E-state index is 0.00670. The summed E-state index contributed by atoms with van der Waals surface area (Å²) < 4.78 is 16.2. The standard InChI is InChI=1S/C26H28ClFN6O3/c27-18-6-3-5-16(22(18)28)19(10-11-29)31-26(37)24-14-8-9-15(12-14)34(24)21(35)13-33-20-7-2-1-4-17(20)23(32-33)25(30)36/h1-7,14-15,19,24H,8-13,29H2,(H2,30,36)(H,31,37)/t14-,15+,19?,24-/m0/s1. The molecule has 2 bridgehead atoms. The van der Waals surface area contributed by atoms with Crippen LogP contribution >= 0.6 is 11.6 Å². The number of carbonyl (C=O) groups is 3. The lowest BCUT2D eigenvalue weighted by Gasteiger charge is -2.35. The van der Waals surface area contributed by atoms with Crippen LogP contribution < -0.4 is 16.8 Å². The fourth-order valence-corrected chi connectivity index (χ4v) is 6.02. The summed E-state index contributed by atoms with van der Waals surface area (Å²) in [6, 6.07) is 10.3. The third-order valence-corrected chi connectivity index (χ3v) is 7.74. The zero-order chi connectivity index (χ0) is 26.3. The number of amides is 3. The highest BCUT2D eigenvalue weighted by Gasteiger charge is 2.51. The Bertz CT molecular complexity index is 1380. The molecule has 2 heterocycles. The number of hydrogen-bond donors (Lipinski definition) is 3.